The number of hydrogen-bond acceptors (Lipinski definition) is 2. The van der Waals surface area contributed by atoms with Crippen LogP contribution in [-0.4, -0.2) is 12.0 Å². The average Bonchev–Trinajstić information content (AvgIpc) is 2.47. The highest BCUT2D eigenvalue weighted by Crippen LogP contribution is 2.24. The second-order valence-electron chi connectivity index (χ2n) is 5.21. The summed E-state index contributed by atoms with van der Waals surface area (Å²) in [5, 5.41) is 4.33. The van der Waals surface area contributed by atoms with Crippen LogP contribution >= 0.6 is 0 Å². The van der Waals surface area contributed by atoms with Crippen molar-refractivity contribution in [3.63, 3.8) is 0 Å². The van der Waals surface area contributed by atoms with Gasteiger partial charge < -0.3 is 5.32 Å². The van der Waals surface area contributed by atoms with Crippen molar-refractivity contribution < 1.29 is 4.39 Å². The monoisotopic (exact) mass is 280 g/mol. The summed E-state index contributed by atoms with van der Waals surface area (Å²) in [5.41, 5.74) is 3.63. The van der Waals surface area contributed by atoms with Crippen molar-refractivity contribution in [2.24, 2.45) is 0 Å². The number of halogens is 1. The van der Waals surface area contributed by atoms with Crippen molar-refractivity contribution in [1.29, 1.82) is 0 Å². The van der Waals surface area contributed by atoms with Crippen molar-refractivity contribution >= 4 is 10.9 Å². The van der Waals surface area contributed by atoms with Gasteiger partial charge in [-0.1, -0.05) is 30.3 Å². The maximum Gasteiger partial charge on any atom is 0.123 e. The molecular weight excluding hydrogens is 263 g/mol. The van der Waals surface area contributed by atoms with E-state index in [0.717, 1.165) is 27.7 Å². The molecule has 0 saturated carbocycles. The van der Waals surface area contributed by atoms with Gasteiger partial charge in [0.2, 0.25) is 0 Å². The molecule has 3 aromatic rings. The lowest BCUT2D eigenvalue weighted by Gasteiger charge is -2.17. The molecule has 3 rings (SSSR count). The first-order chi connectivity index (χ1) is 10.2. The zero-order valence-corrected chi connectivity index (χ0v) is 12.1. The Morgan fingerprint density at radius 1 is 1.05 bits per heavy atom. The normalized spacial score (nSPS) is 12.5. The molecule has 2 nitrogen and oxygen atoms in total. The number of para-hydroxylation sites is 1. The van der Waals surface area contributed by atoms with E-state index in [1.54, 1.807) is 6.07 Å². The van der Waals surface area contributed by atoms with Crippen LogP contribution in [0.25, 0.3) is 10.9 Å². The summed E-state index contributed by atoms with van der Waals surface area (Å²) in [6, 6.07) is 17.0. The highest BCUT2D eigenvalue weighted by atomic mass is 19.1. The lowest BCUT2D eigenvalue weighted by molar-refractivity contribution is 0.613. The Morgan fingerprint density at radius 2 is 1.86 bits per heavy atom. The predicted octanol–water partition coefficient (Wildman–Crippen LogP) is 3.99. The summed E-state index contributed by atoms with van der Waals surface area (Å²) in [5.74, 6) is -0.217. The summed E-state index contributed by atoms with van der Waals surface area (Å²) in [6.07, 6.45) is 0. The lowest BCUT2D eigenvalue weighted by atomic mass is 10.0. The van der Waals surface area contributed by atoms with Gasteiger partial charge in [0.15, 0.2) is 0 Å². The third kappa shape index (κ3) is 2.78. The molecule has 106 valence electrons. The van der Waals surface area contributed by atoms with Crippen molar-refractivity contribution in [3.05, 3.63) is 77.2 Å². The zero-order chi connectivity index (χ0) is 14.8. The van der Waals surface area contributed by atoms with E-state index in [1.165, 1.54) is 6.07 Å². The standard InChI is InChI=1S/C18H17FN2/c1-12-9-14(11-15(19)10-12)18(20-2)17-8-7-13-5-3-4-6-16(13)21-17/h3-11,18,20H,1-2H3. The van der Waals surface area contributed by atoms with Crippen LogP contribution in [0, 0.1) is 12.7 Å². The van der Waals surface area contributed by atoms with E-state index in [9.17, 15) is 4.39 Å². The van der Waals surface area contributed by atoms with Gasteiger partial charge in [-0.25, -0.2) is 4.39 Å². The number of benzene rings is 2. The van der Waals surface area contributed by atoms with Crippen molar-refractivity contribution in [1.82, 2.24) is 10.3 Å². The molecule has 1 atom stereocenters. The first-order valence-corrected chi connectivity index (χ1v) is 6.97. The van der Waals surface area contributed by atoms with Crippen LogP contribution in [0.3, 0.4) is 0 Å². The molecule has 21 heavy (non-hydrogen) atoms. The molecule has 0 aliphatic heterocycles. The molecule has 1 heterocycles. The fraction of sp³-hybridized carbons (Fsp3) is 0.167. The van der Waals surface area contributed by atoms with Crippen LogP contribution in [0.1, 0.15) is 22.9 Å². The molecule has 1 aromatic heterocycles. The second-order valence-corrected chi connectivity index (χ2v) is 5.21. The largest absolute Gasteiger partial charge is 0.308 e. The lowest BCUT2D eigenvalue weighted by Crippen LogP contribution is -2.19. The maximum atomic E-state index is 13.6. The van der Waals surface area contributed by atoms with E-state index < -0.39 is 0 Å². The Morgan fingerprint density at radius 3 is 2.62 bits per heavy atom. The number of nitrogens with one attached hydrogen (secondary N) is 1. The average molecular weight is 280 g/mol. The molecule has 0 saturated heterocycles. The van der Waals surface area contributed by atoms with E-state index in [4.69, 9.17) is 4.98 Å². The number of fused-ring (bicyclic) bond motifs is 1. The number of hydrogen-bond donors (Lipinski definition) is 1. The van der Waals surface area contributed by atoms with Crippen molar-refractivity contribution in [2.75, 3.05) is 7.05 Å². The molecule has 0 spiro atoms. The molecule has 0 radical (unpaired) electrons. The van der Waals surface area contributed by atoms with Crippen LogP contribution in [0.2, 0.25) is 0 Å². The summed E-state index contributed by atoms with van der Waals surface area (Å²) in [6.45, 7) is 1.90. The Hall–Kier alpha value is -2.26. The molecule has 0 aliphatic carbocycles. The number of rotatable bonds is 3. The van der Waals surface area contributed by atoms with E-state index in [0.29, 0.717) is 0 Å². The van der Waals surface area contributed by atoms with Gasteiger partial charge in [-0.15, -0.1) is 0 Å². The van der Waals surface area contributed by atoms with Crippen molar-refractivity contribution in [2.45, 2.75) is 13.0 Å². The summed E-state index contributed by atoms with van der Waals surface area (Å²) >= 11 is 0. The Balaban J connectivity index is 2.08. The number of pyridine rings is 1. The van der Waals surface area contributed by atoms with Crippen LogP contribution in [0.5, 0.6) is 0 Å². The Kier molecular flexibility index (Phi) is 3.67. The first kappa shape index (κ1) is 13.7. The minimum Gasteiger partial charge on any atom is -0.308 e. The van der Waals surface area contributed by atoms with Crippen LogP contribution in [0.15, 0.2) is 54.6 Å². The Bertz CT molecular complexity index is 763. The second kappa shape index (κ2) is 5.62. The van der Waals surface area contributed by atoms with E-state index in [-0.39, 0.29) is 11.9 Å². The van der Waals surface area contributed by atoms with Gasteiger partial charge in [0, 0.05) is 5.39 Å². The molecule has 3 heteroatoms. The van der Waals surface area contributed by atoms with Gasteiger partial charge in [-0.3, -0.25) is 4.98 Å². The van der Waals surface area contributed by atoms with E-state index >= 15 is 0 Å². The minimum atomic E-state index is -0.217. The van der Waals surface area contributed by atoms with Crippen LogP contribution in [-0.2, 0) is 0 Å². The molecular formula is C18H17FN2. The van der Waals surface area contributed by atoms with Gasteiger partial charge in [-0.05, 0) is 49.4 Å². The number of aryl methyl sites for hydroxylation is 1. The van der Waals surface area contributed by atoms with Crippen LogP contribution in [0.4, 0.5) is 4.39 Å². The highest BCUT2D eigenvalue weighted by molar-refractivity contribution is 5.78. The van der Waals surface area contributed by atoms with E-state index in [1.807, 2.05) is 56.4 Å². The van der Waals surface area contributed by atoms with Gasteiger partial charge in [0.25, 0.3) is 0 Å². The third-order valence-electron chi connectivity index (χ3n) is 3.60. The quantitative estimate of drug-likeness (QED) is 0.784. The van der Waals surface area contributed by atoms with Gasteiger partial charge in [-0.2, -0.15) is 0 Å². The molecule has 2 aromatic carbocycles. The predicted molar refractivity (Wildman–Crippen MR) is 83.8 cm³/mol. The highest BCUT2D eigenvalue weighted by Gasteiger charge is 2.15. The molecule has 1 unspecified atom stereocenters. The summed E-state index contributed by atoms with van der Waals surface area (Å²) in [4.78, 5) is 4.70. The SMILES string of the molecule is CNC(c1cc(C)cc(F)c1)c1ccc2ccccc2n1. The topological polar surface area (TPSA) is 24.9 Å². The smallest absolute Gasteiger partial charge is 0.123 e. The van der Waals surface area contributed by atoms with Gasteiger partial charge in [0.1, 0.15) is 5.82 Å². The summed E-state index contributed by atoms with van der Waals surface area (Å²) < 4.78 is 13.6. The number of aromatic nitrogens is 1. The van der Waals surface area contributed by atoms with Crippen LogP contribution < -0.4 is 5.32 Å². The molecule has 0 aliphatic rings. The van der Waals surface area contributed by atoms with Crippen molar-refractivity contribution in [3.8, 4) is 0 Å². The van der Waals surface area contributed by atoms with E-state index in [2.05, 4.69) is 5.32 Å². The fourth-order valence-electron chi connectivity index (χ4n) is 2.66. The Labute approximate surface area is 123 Å². The maximum absolute atomic E-state index is 13.6. The van der Waals surface area contributed by atoms with Gasteiger partial charge >= 0.3 is 0 Å². The minimum absolute atomic E-state index is 0.121. The summed E-state index contributed by atoms with van der Waals surface area (Å²) in [7, 11) is 1.86. The van der Waals surface area contributed by atoms with Gasteiger partial charge in [0.05, 0.1) is 17.3 Å². The zero-order valence-electron chi connectivity index (χ0n) is 12.1. The molecule has 0 amide bonds. The molecule has 1 N–H and O–H groups in total. The molecule has 0 fully saturated rings. The number of nitrogens with zero attached hydrogens (tertiary/aromatic N) is 1. The third-order valence-corrected chi connectivity index (χ3v) is 3.60. The molecule has 0 bridgehead atoms. The first-order valence-electron chi connectivity index (χ1n) is 6.97. The fourth-order valence-corrected chi connectivity index (χ4v) is 2.66.